The van der Waals surface area contributed by atoms with E-state index in [1.807, 2.05) is 24.3 Å². The minimum absolute atomic E-state index is 0.189. The third kappa shape index (κ3) is 3.49. The number of H-pyrrole nitrogens is 1. The molecule has 7 heteroatoms. The summed E-state index contributed by atoms with van der Waals surface area (Å²) >= 11 is 0. The Balaban J connectivity index is 1.55. The van der Waals surface area contributed by atoms with Crippen LogP contribution in [0.5, 0.6) is 0 Å². The summed E-state index contributed by atoms with van der Waals surface area (Å²) in [5.74, 6) is 1.75. The lowest BCUT2D eigenvalue weighted by Gasteiger charge is -2.33. The number of nitrogens with one attached hydrogen (secondary N) is 2. The second-order valence-electron chi connectivity index (χ2n) is 8.11. The molecule has 2 N–H and O–H groups in total. The lowest BCUT2D eigenvalue weighted by Crippen LogP contribution is -2.27. The third-order valence-electron chi connectivity index (χ3n) is 5.29. The maximum absolute atomic E-state index is 12.8. The van der Waals surface area contributed by atoms with Crippen LogP contribution in [-0.2, 0) is 12.8 Å². The standard InChI is InChI=1S/C20H23N5O2/c1-20(2,3)13-7-8-16-15(10-13)17(25-27-16)19(26)23-14-6-4-5-12(9-14)18-21-11-22-24-18/h4-6,9,11,13H,7-8,10H2,1-3H3,(H,23,26)(H,21,22,24). The van der Waals surface area contributed by atoms with Gasteiger partial charge in [0.25, 0.3) is 5.91 Å². The molecule has 0 bridgehead atoms. The number of rotatable bonds is 3. The van der Waals surface area contributed by atoms with E-state index in [0.29, 0.717) is 23.1 Å². The summed E-state index contributed by atoms with van der Waals surface area (Å²) in [6, 6.07) is 7.45. The number of carbonyl (C=O) groups is 1. The summed E-state index contributed by atoms with van der Waals surface area (Å²) in [5, 5.41) is 13.7. The molecule has 2 heterocycles. The Hall–Kier alpha value is -2.96. The zero-order valence-corrected chi connectivity index (χ0v) is 15.7. The van der Waals surface area contributed by atoms with Crippen molar-refractivity contribution in [3.05, 3.63) is 47.6 Å². The molecule has 1 aromatic carbocycles. The maximum atomic E-state index is 12.8. The van der Waals surface area contributed by atoms with Crippen molar-refractivity contribution in [2.75, 3.05) is 5.32 Å². The predicted octanol–water partition coefficient (Wildman–Crippen LogP) is 3.86. The molecule has 0 spiro atoms. The van der Waals surface area contributed by atoms with Crippen molar-refractivity contribution in [1.29, 1.82) is 0 Å². The minimum atomic E-state index is -0.246. The van der Waals surface area contributed by atoms with E-state index >= 15 is 0 Å². The van der Waals surface area contributed by atoms with Crippen molar-refractivity contribution >= 4 is 11.6 Å². The highest BCUT2D eigenvalue weighted by Gasteiger charge is 2.34. The fraction of sp³-hybridized carbons (Fsp3) is 0.400. The lowest BCUT2D eigenvalue weighted by molar-refractivity contribution is 0.101. The molecule has 0 aliphatic heterocycles. The van der Waals surface area contributed by atoms with Crippen LogP contribution in [0.25, 0.3) is 11.4 Å². The van der Waals surface area contributed by atoms with E-state index in [1.54, 1.807) is 0 Å². The van der Waals surface area contributed by atoms with Gasteiger partial charge in [-0.25, -0.2) is 4.98 Å². The number of anilines is 1. The lowest BCUT2D eigenvalue weighted by atomic mass is 9.71. The fourth-order valence-corrected chi connectivity index (χ4v) is 3.60. The molecule has 1 unspecified atom stereocenters. The van der Waals surface area contributed by atoms with Gasteiger partial charge < -0.3 is 9.84 Å². The molecule has 1 aliphatic carbocycles. The van der Waals surface area contributed by atoms with Crippen LogP contribution in [0, 0.1) is 11.3 Å². The van der Waals surface area contributed by atoms with Gasteiger partial charge in [-0.3, -0.25) is 9.89 Å². The van der Waals surface area contributed by atoms with Gasteiger partial charge in [0.1, 0.15) is 12.1 Å². The first-order valence-corrected chi connectivity index (χ1v) is 9.16. The van der Waals surface area contributed by atoms with E-state index in [-0.39, 0.29) is 11.3 Å². The van der Waals surface area contributed by atoms with Crippen LogP contribution in [-0.4, -0.2) is 26.2 Å². The van der Waals surface area contributed by atoms with E-state index in [4.69, 9.17) is 4.52 Å². The monoisotopic (exact) mass is 365 g/mol. The highest BCUT2D eigenvalue weighted by Crippen LogP contribution is 2.38. The number of aromatic nitrogens is 4. The maximum Gasteiger partial charge on any atom is 0.278 e. The first kappa shape index (κ1) is 17.5. The Kier molecular flexibility index (Phi) is 4.30. The third-order valence-corrected chi connectivity index (χ3v) is 5.29. The summed E-state index contributed by atoms with van der Waals surface area (Å²) in [6.45, 7) is 6.72. The van der Waals surface area contributed by atoms with Gasteiger partial charge in [-0.05, 0) is 36.3 Å². The highest BCUT2D eigenvalue weighted by molar-refractivity contribution is 6.04. The fourth-order valence-electron chi connectivity index (χ4n) is 3.60. The molecule has 2 aromatic heterocycles. The molecule has 0 saturated carbocycles. The van der Waals surface area contributed by atoms with Crippen LogP contribution in [0.1, 0.15) is 49.0 Å². The van der Waals surface area contributed by atoms with Gasteiger partial charge >= 0.3 is 0 Å². The molecule has 140 valence electrons. The van der Waals surface area contributed by atoms with Crippen molar-refractivity contribution in [2.45, 2.75) is 40.0 Å². The van der Waals surface area contributed by atoms with Crippen LogP contribution in [0.3, 0.4) is 0 Å². The average Bonchev–Trinajstić information content (AvgIpc) is 3.30. The molecule has 1 atom stereocenters. The van der Waals surface area contributed by atoms with E-state index in [0.717, 1.165) is 36.1 Å². The Bertz CT molecular complexity index is 953. The van der Waals surface area contributed by atoms with Crippen LogP contribution >= 0.6 is 0 Å². The molecular formula is C20H23N5O2. The Morgan fingerprint density at radius 2 is 2.19 bits per heavy atom. The number of hydrogen-bond acceptors (Lipinski definition) is 5. The van der Waals surface area contributed by atoms with Crippen LogP contribution in [0.15, 0.2) is 35.1 Å². The van der Waals surface area contributed by atoms with Crippen molar-refractivity contribution < 1.29 is 9.32 Å². The molecule has 4 rings (SSSR count). The topological polar surface area (TPSA) is 96.7 Å². The van der Waals surface area contributed by atoms with Gasteiger partial charge in [0.2, 0.25) is 0 Å². The zero-order valence-electron chi connectivity index (χ0n) is 15.7. The number of amides is 1. The zero-order chi connectivity index (χ0) is 19.0. The highest BCUT2D eigenvalue weighted by atomic mass is 16.5. The number of aryl methyl sites for hydroxylation is 1. The summed E-state index contributed by atoms with van der Waals surface area (Å²) in [6.07, 6.45) is 4.17. The van der Waals surface area contributed by atoms with E-state index in [1.165, 1.54) is 6.33 Å². The van der Waals surface area contributed by atoms with Crippen molar-refractivity contribution in [2.24, 2.45) is 11.3 Å². The smallest absolute Gasteiger partial charge is 0.278 e. The molecule has 1 amide bonds. The van der Waals surface area contributed by atoms with Crippen LogP contribution in [0.2, 0.25) is 0 Å². The Labute approximate surface area is 157 Å². The molecule has 27 heavy (non-hydrogen) atoms. The van der Waals surface area contributed by atoms with Crippen LogP contribution in [0.4, 0.5) is 5.69 Å². The number of aromatic amines is 1. The van der Waals surface area contributed by atoms with Gasteiger partial charge in [-0.15, -0.1) is 0 Å². The number of fused-ring (bicyclic) bond motifs is 1. The molecule has 0 radical (unpaired) electrons. The minimum Gasteiger partial charge on any atom is -0.360 e. The quantitative estimate of drug-likeness (QED) is 0.734. The summed E-state index contributed by atoms with van der Waals surface area (Å²) in [4.78, 5) is 17.0. The molecule has 7 nitrogen and oxygen atoms in total. The molecule has 1 aliphatic rings. The average molecular weight is 365 g/mol. The van der Waals surface area contributed by atoms with Crippen molar-refractivity contribution in [3.8, 4) is 11.4 Å². The molecule has 0 saturated heterocycles. The van der Waals surface area contributed by atoms with E-state index in [9.17, 15) is 4.79 Å². The largest absolute Gasteiger partial charge is 0.360 e. The van der Waals surface area contributed by atoms with Gasteiger partial charge in [0, 0.05) is 23.2 Å². The first-order chi connectivity index (χ1) is 12.9. The normalized spacial score (nSPS) is 16.8. The second kappa shape index (κ2) is 6.64. The number of carbonyl (C=O) groups excluding carboxylic acids is 1. The number of benzene rings is 1. The predicted molar refractivity (Wildman–Crippen MR) is 101 cm³/mol. The molecular weight excluding hydrogens is 342 g/mol. The van der Waals surface area contributed by atoms with Gasteiger partial charge in [-0.1, -0.05) is 38.1 Å². The number of nitrogens with zero attached hydrogens (tertiary/aromatic N) is 3. The summed E-state index contributed by atoms with van der Waals surface area (Å²) in [7, 11) is 0. The second-order valence-corrected chi connectivity index (χ2v) is 8.11. The van der Waals surface area contributed by atoms with Gasteiger partial charge in [0.05, 0.1) is 0 Å². The van der Waals surface area contributed by atoms with E-state index < -0.39 is 0 Å². The van der Waals surface area contributed by atoms with Crippen LogP contribution < -0.4 is 5.32 Å². The first-order valence-electron chi connectivity index (χ1n) is 9.16. The Morgan fingerprint density at radius 3 is 2.93 bits per heavy atom. The summed E-state index contributed by atoms with van der Waals surface area (Å²) in [5.41, 5.74) is 3.05. The summed E-state index contributed by atoms with van der Waals surface area (Å²) < 4.78 is 5.46. The SMILES string of the molecule is CC(C)(C)C1CCc2onc(C(=O)Nc3cccc(-c4ncn[nH]4)c3)c2C1. The van der Waals surface area contributed by atoms with E-state index in [2.05, 4.69) is 46.4 Å². The van der Waals surface area contributed by atoms with Crippen molar-refractivity contribution in [1.82, 2.24) is 20.3 Å². The Morgan fingerprint density at radius 1 is 1.33 bits per heavy atom. The van der Waals surface area contributed by atoms with Crippen molar-refractivity contribution in [3.63, 3.8) is 0 Å². The van der Waals surface area contributed by atoms with Gasteiger partial charge in [-0.2, -0.15) is 5.10 Å². The van der Waals surface area contributed by atoms with Gasteiger partial charge in [0.15, 0.2) is 11.5 Å². The molecule has 0 fully saturated rings. The number of hydrogen-bond donors (Lipinski definition) is 2. The molecule has 3 aromatic rings.